The van der Waals surface area contributed by atoms with Crippen LogP contribution in [-0.4, -0.2) is 17.8 Å². The lowest BCUT2D eigenvalue weighted by Gasteiger charge is -2.23. The monoisotopic (exact) mass is 292 g/mol. The van der Waals surface area contributed by atoms with Crippen molar-refractivity contribution >= 4 is 0 Å². The molecule has 3 atom stereocenters. The summed E-state index contributed by atoms with van der Waals surface area (Å²) in [6.45, 7) is 2.41. The molecule has 1 fully saturated rings. The molecule has 1 saturated heterocycles. The summed E-state index contributed by atoms with van der Waals surface area (Å²) in [5, 5.41) is 10.2. The summed E-state index contributed by atoms with van der Waals surface area (Å²) in [7, 11) is 0. The molecule has 0 spiro atoms. The van der Waals surface area contributed by atoms with Crippen molar-refractivity contribution in [1.82, 2.24) is 0 Å². The second-order valence-corrected chi connectivity index (χ2v) is 4.95. The van der Waals surface area contributed by atoms with Crippen LogP contribution < -0.4 is 0 Å². The first-order valence-electron chi connectivity index (χ1n) is 6.51. The van der Waals surface area contributed by atoms with Gasteiger partial charge >= 0.3 is 6.18 Å². The number of hydrogen-bond donors (Lipinski definition) is 1. The highest BCUT2D eigenvalue weighted by Gasteiger charge is 2.36. The van der Waals surface area contributed by atoms with Crippen LogP contribution in [0.4, 0.5) is 17.6 Å². The Bertz CT molecular complexity index is 473. The Labute approximate surface area is 114 Å². The molecule has 20 heavy (non-hydrogen) atoms. The van der Waals surface area contributed by atoms with Gasteiger partial charge in [0.1, 0.15) is 5.82 Å². The predicted octanol–water partition coefficient (Wildman–Crippen LogP) is 3.69. The molecule has 0 aliphatic carbocycles. The van der Waals surface area contributed by atoms with Crippen LogP contribution in [-0.2, 0) is 10.9 Å². The Kier molecular flexibility index (Phi) is 4.34. The fourth-order valence-electron chi connectivity index (χ4n) is 2.64. The van der Waals surface area contributed by atoms with Gasteiger partial charge in [0.05, 0.1) is 17.8 Å². The molecule has 0 bridgehead atoms. The highest BCUT2D eigenvalue weighted by atomic mass is 19.4. The molecule has 1 heterocycles. The quantitative estimate of drug-likeness (QED) is 0.861. The van der Waals surface area contributed by atoms with Gasteiger partial charge in [0.15, 0.2) is 0 Å². The van der Waals surface area contributed by atoms with Crippen LogP contribution in [0.15, 0.2) is 18.2 Å². The second-order valence-electron chi connectivity index (χ2n) is 4.95. The van der Waals surface area contributed by atoms with Gasteiger partial charge in [-0.1, -0.05) is 13.0 Å². The largest absolute Gasteiger partial charge is 0.419 e. The molecule has 0 saturated carbocycles. The zero-order valence-corrected chi connectivity index (χ0v) is 11.0. The third-order valence-corrected chi connectivity index (χ3v) is 3.71. The van der Waals surface area contributed by atoms with Crippen molar-refractivity contribution in [2.45, 2.75) is 38.1 Å². The van der Waals surface area contributed by atoms with Gasteiger partial charge in [-0.15, -0.1) is 0 Å². The number of halogens is 4. The van der Waals surface area contributed by atoms with Gasteiger partial charge in [-0.05, 0) is 30.5 Å². The van der Waals surface area contributed by atoms with Crippen LogP contribution in [0, 0.1) is 11.7 Å². The summed E-state index contributed by atoms with van der Waals surface area (Å²) in [6.07, 6.45) is -4.57. The molecule has 0 amide bonds. The van der Waals surface area contributed by atoms with Gasteiger partial charge in [-0.3, -0.25) is 0 Å². The van der Waals surface area contributed by atoms with E-state index >= 15 is 0 Å². The van der Waals surface area contributed by atoms with E-state index in [1.165, 1.54) is 0 Å². The van der Waals surface area contributed by atoms with E-state index in [1.54, 1.807) is 0 Å². The summed E-state index contributed by atoms with van der Waals surface area (Å²) < 4.78 is 56.4. The molecule has 2 nitrogen and oxygen atoms in total. The molecule has 3 unspecified atom stereocenters. The standard InChI is InChI=1S/C14H16F4O2/c1-2-12-9(5-6-20-12)13(19)8-3-4-10(11(15)7-8)14(16,17)18/h3-4,7,9,12-13,19H,2,5-6H2,1H3. The maximum Gasteiger partial charge on any atom is 0.419 e. The average molecular weight is 292 g/mol. The SMILES string of the molecule is CCC1OCCC1C(O)c1ccc(C(F)(F)F)c(F)c1. The second kappa shape index (κ2) is 5.69. The third-order valence-electron chi connectivity index (χ3n) is 3.71. The lowest BCUT2D eigenvalue weighted by Crippen LogP contribution is -2.22. The van der Waals surface area contributed by atoms with E-state index in [-0.39, 0.29) is 17.6 Å². The molecule has 0 radical (unpaired) electrons. The van der Waals surface area contributed by atoms with Crippen molar-refractivity contribution in [1.29, 1.82) is 0 Å². The topological polar surface area (TPSA) is 29.5 Å². The van der Waals surface area contributed by atoms with Crippen LogP contribution in [0.5, 0.6) is 0 Å². The van der Waals surface area contributed by atoms with E-state index in [1.807, 2.05) is 6.92 Å². The highest BCUT2D eigenvalue weighted by Crippen LogP contribution is 2.37. The molecule has 6 heteroatoms. The fourth-order valence-corrected chi connectivity index (χ4v) is 2.64. The molecule has 1 aromatic carbocycles. The summed E-state index contributed by atoms with van der Waals surface area (Å²) in [5.41, 5.74) is -1.16. The number of rotatable bonds is 3. The lowest BCUT2D eigenvalue weighted by molar-refractivity contribution is -0.140. The number of aliphatic hydroxyl groups is 1. The van der Waals surface area contributed by atoms with Crippen molar-refractivity contribution in [2.75, 3.05) is 6.61 Å². The summed E-state index contributed by atoms with van der Waals surface area (Å²) in [6, 6.07) is 2.56. The van der Waals surface area contributed by atoms with Crippen molar-refractivity contribution in [3.8, 4) is 0 Å². The van der Waals surface area contributed by atoms with E-state index in [2.05, 4.69) is 0 Å². The maximum absolute atomic E-state index is 13.5. The molecule has 1 aliphatic rings. The van der Waals surface area contributed by atoms with Gasteiger partial charge in [0, 0.05) is 12.5 Å². The van der Waals surface area contributed by atoms with Gasteiger partial charge in [-0.25, -0.2) is 4.39 Å². The minimum absolute atomic E-state index is 0.143. The zero-order valence-electron chi connectivity index (χ0n) is 11.0. The number of alkyl halides is 3. The van der Waals surface area contributed by atoms with Crippen LogP contribution in [0.1, 0.15) is 37.0 Å². The first kappa shape index (κ1) is 15.3. The molecule has 112 valence electrons. The minimum Gasteiger partial charge on any atom is -0.388 e. The molecule has 1 aliphatic heterocycles. The molecular formula is C14H16F4O2. The number of ether oxygens (including phenoxy) is 1. The Morgan fingerprint density at radius 2 is 2.10 bits per heavy atom. The van der Waals surface area contributed by atoms with Gasteiger partial charge < -0.3 is 9.84 Å². The van der Waals surface area contributed by atoms with Gasteiger partial charge in [0.2, 0.25) is 0 Å². The van der Waals surface area contributed by atoms with E-state index in [9.17, 15) is 22.7 Å². The minimum atomic E-state index is -4.73. The lowest BCUT2D eigenvalue weighted by atomic mass is 9.88. The van der Waals surface area contributed by atoms with E-state index in [0.29, 0.717) is 25.5 Å². The van der Waals surface area contributed by atoms with E-state index in [4.69, 9.17) is 4.74 Å². The van der Waals surface area contributed by atoms with Crippen LogP contribution in [0.2, 0.25) is 0 Å². The maximum atomic E-state index is 13.5. The van der Waals surface area contributed by atoms with Gasteiger partial charge in [-0.2, -0.15) is 13.2 Å². The van der Waals surface area contributed by atoms with Crippen molar-refractivity contribution in [2.24, 2.45) is 5.92 Å². The van der Waals surface area contributed by atoms with Crippen molar-refractivity contribution in [3.63, 3.8) is 0 Å². The van der Waals surface area contributed by atoms with Crippen LogP contribution in [0.25, 0.3) is 0 Å². The fraction of sp³-hybridized carbons (Fsp3) is 0.571. The molecule has 2 rings (SSSR count). The van der Waals surface area contributed by atoms with E-state index in [0.717, 1.165) is 12.1 Å². The normalized spacial score (nSPS) is 24.9. The Hall–Kier alpha value is -1.14. The zero-order chi connectivity index (χ0) is 14.9. The molecule has 1 N–H and O–H groups in total. The van der Waals surface area contributed by atoms with E-state index < -0.39 is 23.7 Å². The van der Waals surface area contributed by atoms with Crippen LogP contribution >= 0.6 is 0 Å². The Morgan fingerprint density at radius 3 is 2.65 bits per heavy atom. The Balaban J connectivity index is 2.23. The highest BCUT2D eigenvalue weighted by molar-refractivity contribution is 5.28. The number of aliphatic hydroxyl groups excluding tert-OH is 1. The first-order chi connectivity index (χ1) is 9.34. The molecular weight excluding hydrogens is 276 g/mol. The Morgan fingerprint density at radius 1 is 1.40 bits per heavy atom. The first-order valence-corrected chi connectivity index (χ1v) is 6.51. The number of benzene rings is 1. The smallest absolute Gasteiger partial charge is 0.388 e. The molecule has 0 aromatic heterocycles. The van der Waals surface area contributed by atoms with Crippen LogP contribution in [0.3, 0.4) is 0 Å². The predicted molar refractivity (Wildman–Crippen MR) is 64.5 cm³/mol. The summed E-state index contributed by atoms with van der Waals surface area (Å²) in [5.74, 6) is -1.57. The average Bonchev–Trinajstić information content (AvgIpc) is 2.84. The van der Waals surface area contributed by atoms with Crippen molar-refractivity contribution in [3.05, 3.63) is 35.1 Å². The summed E-state index contributed by atoms with van der Waals surface area (Å²) in [4.78, 5) is 0. The number of hydrogen-bond acceptors (Lipinski definition) is 2. The molecule has 1 aromatic rings. The van der Waals surface area contributed by atoms with Gasteiger partial charge in [0.25, 0.3) is 0 Å². The summed E-state index contributed by atoms with van der Waals surface area (Å²) >= 11 is 0. The third kappa shape index (κ3) is 2.96. The van der Waals surface area contributed by atoms with Crippen molar-refractivity contribution < 1.29 is 27.4 Å².